The minimum Gasteiger partial charge on any atom is -0.374 e. The van der Waals surface area contributed by atoms with Crippen LogP contribution in [0.3, 0.4) is 0 Å². The highest BCUT2D eigenvalue weighted by Crippen LogP contribution is 1.90. The van der Waals surface area contributed by atoms with Crippen LogP contribution >= 0.6 is 0 Å². The Labute approximate surface area is 65.5 Å². The highest BCUT2D eigenvalue weighted by Gasteiger charge is 2.17. The molecule has 0 bridgehead atoms. The smallest absolute Gasteiger partial charge is 0.293 e. The Bertz CT molecular complexity index is 211. The van der Waals surface area contributed by atoms with Gasteiger partial charge in [-0.25, -0.2) is 0 Å². The van der Waals surface area contributed by atoms with Gasteiger partial charge in [-0.2, -0.15) is 8.42 Å². The van der Waals surface area contributed by atoms with Crippen LogP contribution in [0.15, 0.2) is 12.7 Å². The maximum absolute atomic E-state index is 10.2. The fourth-order valence-corrected chi connectivity index (χ4v) is 0.743. The van der Waals surface area contributed by atoms with Gasteiger partial charge in [-0.05, 0) is 0 Å². The number of rotatable bonds is 5. The number of aliphatic hydroxyl groups is 1. The van der Waals surface area contributed by atoms with E-state index < -0.39 is 15.6 Å². The van der Waals surface area contributed by atoms with Crippen LogP contribution in [0.1, 0.15) is 0 Å². The summed E-state index contributed by atoms with van der Waals surface area (Å²) in [5.74, 6) is 0. The molecule has 3 N–H and O–H groups in total. The number of aliphatic hydroxyl groups excluding tert-OH is 1. The van der Waals surface area contributed by atoms with Crippen LogP contribution in [0.25, 0.3) is 0 Å². The first kappa shape index (κ1) is 10.6. The molecular formula is C5H11NO4S. The summed E-state index contributed by atoms with van der Waals surface area (Å²) in [5.41, 5.74) is -1.76. The summed E-state index contributed by atoms with van der Waals surface area (Å²) in [4.78, 5) is 0. The van der Waals surface area contributed by atoms with Crippen molar-refractivity contribution in [2.24, 2.45) is 0 Å². The zero-order valence-electron chi connectivity index (χ0n) is 5.90. The molecule has 0 saturated carbocycles. The van der Waals surface area contributed by atoms with E-state index in [4.69, 9.17) is 9.66 Å². The first-order valence-corrected chi connectivity index (χ1v) is 4.44. The molecule has 0 aliphatic carbocycles. The van der Waals surface area contributed by atoms with Crippen LogP contribution in [0.5, 0.6) is 0 Å². The zero-order chi connectivity index (χ0) is 8.91. The Morgan fingerprint density at radius 3 is 2.55 bits per heavy atom. The molecule has 0 aromatic heterocycles. The maximum Gasteiger partial charge on any atom is 0.293 e. The third-order valence-corrected chi connectivity index (χ3v) is 1.81. The highest BCUT2D eigenvalue weighted by atomic mass is 32.2. The van der Waals surface area contributed by atoms with E-state index in [1.165, 1.54) is 6.08 Å². The second-order valence-electron chi connectivity index (χ2n) is 1.92. The van der Waals surface area contributed by atoms with E-state index in [9.17, 15) is 8.42 Å². The summed E-state index contributed by atoms with van der Waals surface area (Å²) in [7, 11) is -4.32. The van der Waals surface area contributed by atoms with Crippen LogP contribution in [0.4, 0.5) is 0 Å². The molecule has 0 spiro atoms. The second-order valence-corrected chi connectivity index (χ2v) is 3.49. The second kappa shape index (κ2) is 4.45. The SMILES string of the molecule is C=CCNCC(O)S(=O)(=O)O. The Kier molecular flexibility index (Phi) is 4.27. The minimum absolute atomic E-state index is 0.204. The predicted molar refractivity (Wildman–Crippen MR) is 40.6 cm³/mol. The number of hydrogen-bond donors (Lipinski definition) is 3. The summed E-state index contributed by atoms with van der Waals surface area (Å²) in [5, 5.41) is 11.2. The normalized spacial score (nSPS) is 14.4. The topological polar surface area (TPSA) is 86.6 Å². The molecule has 0 fully saturated rings. The summed E-state index contributed by atoms with van der Waals surface area (Å²) in [6.07, 6.45) is 1.51. The molecule has 0 aromatic carbocycles. The van der Waals surface area contributed by atoms with Gasteiger partial charge in [0.2, 0.25) is 0 Å². The van der Waals surface area contributed by atoms with Crippen molar-refractivity contribution < 1.29 is 18.1 Å². The van der Waals surface area contributed by atoms with Crippen molar-refractivity contribution in [2.45, 2.75) is 5.44 Å². The zero-order valence-corrected chi connectivity index (χ0v) is 6.71. The van der Waals surface area contributed by atoms with Gasteiger partial charge >= 0.3 is 0 Å². The molecule has 6 heteroatoms. The molecule has 0 saturated heterocycles. The van der Waals surface area contributed by atoms with E-state index in [0.29, 0.717) is 6.54 Å². The van der Waals surface area contributed by atoms with E-state index in [-0.39, 0.29) is 6.54 Å². The van der Waals surface area contributed by atoms with Gasteiger partial charge in [-0.3, -0.25) is 4.55 Å². The first-order chi connectivity index (χ1) is 4.98. The van der Waals surface area contributed by atoms with Crippen LogP contribution in [-0.4, -0.2) is 36.6 Å². The third-order valence-electron chi connectivity index (χ3n) is 0.951. The van der Waals surface area contributed by atoms with Crippen molar-refractivity contribution in [3.05, 3.63) is 12.7 Å². The standard InChI is InChI=1S/C5H11NO4S/c1-2-3-6-4-5(7)11(8,9)10/h2,5-7H,1,3-4H2,(H,8,9,10). The van der Waals surface area contributed by atoms with E-state index in [1.807, 2.05) is 0 Å². The largest absolute Gasteiger partial charge is 0.374 e. The van der Waals surface area contributed by atoms with Crippen LogP contribution < -0.4 is 5.32 Å². The van der Waals surface area contributed by atoms with E-state index >= 15 is 0 Å². The Morgan fingerprint density at radius 2 is 2.18 bits per heavy atom. The summed E-state index contributed by atoms with van der Waals surface area (Å²) in [6, 6.07) is 0. The van der Waals surface area contributed by atoms with Gasteiger partial charge in [0.15, 0.2) is 5.44 Å². The van der Waals surface area contributed by atoms with Gasteiger partial charge in [0.05, 0.1) is 0 Å². The van der Waals surface area contributed by atoms with E-state index in [1.54, 1.807) is 0 Å². The van der Waals surface area contributed by atoms with Crippen LogP contribution in [0, 0.1) is 0 Å². The predicted octanol–water partition coefficient (Wildman–Crippen LogP) is -1.03. The molecule has 11 heavy (non-hydrogen) atoms. The molecular weight excluding hydrogens is 170 g/mol. The van der Waals surface area contributed by atoms with Gasteiger partial charge < -0.3 is 10.4 Å². The van der Waals surface area contributed by atoms with Crippen LogP contribution in [0.2, 0.25) is 0 Å². The number of hydrogen-bond acceptors (Lipinski definition) is 4. The van der Waals surface area contributed by atoms with Gasteiger partial charge in [-0.15, -0.1) is 6.58 Å². The van der Waals surface area contributed by atoms with Gasteiger partial charge in [0, 0.05) is 13.1 Å². The van der Waals surface area contributed by atoms with Gasteiger partial charge in [-0.1, -0.05) is 6.08 Å². The lowest BCUT2D eigenvalue weighted by molar-refractivity contribution is 0.230. The van der Waals surface area contributed by atoms with Crippen LogP contribution in [-0.2, 0) is 10.1 Å². The Morgan fingerprint density at radius 1 is 1.64 bits per heavy atom. The van der Waals surface area contributed by atoms with Gasteiger partial charge in [0.25, 0.3) is 10.1 Å². The van der Waals surface area contributed by atoms with Crippen molar-refractivity contribution in [3.8, 4) is 0 Å². The fourth-order valence-electron chi connectivity index (χ4n) is 0.414. The first-order valence-electron chi connectivity index (χ1n) is 2.94. The lowest BCUT2D eigenvalue weighted by Gasteiger charge is -2.06. The average molecular weight is 181 g/mol. The molecule has 0 heterocycles. The lowest BCUT2D eigenvalue weighted by Crippen LogP contribution is -2.32. The van der Waals surface area contributed by atoms with Crippen molar-refractivity contribution in [1.82, 2.24) is 5.32 Å². The molecule has 1 atom stereocenters. The van der Waals surface area contributed by atoms with E-state index in [0.717, 1.165) is 0 Å². The Hall–Kier alpha value is -0.430. The molecule has 1 unspecified atom stereocenters. The molecule has 5 nitrogen and oxygen atoms in total. The highest BCUT2D eigenvalue weighted by molar-refractivity contribution is 7.86. The molecule has 0 aliphatic heterocycles. The molecule has 0 radical (unpaired) electrons. The maximum atomic E-state index is 10.2. The van der Waals surface area contributed by atoms with Gasteiger partial charge in [0.1, 0.15) is 0 Å². The van der Waals surface area contributed by atoms with Crippen molar-refractivity contribution in [1.29, 1.82) is 0 Å². The molecule has 0 aromatic rings. The Balaban J connectivity index is 3.70. The number of nitrogens with one attached hydrogen (secondary N) is 1. The third kappa shape index (κ3) is 4.91. The van der Waals surface area contributed by atoms with E-state index in [2.05, 4.69) is 11.9 Å². The average Bonchev–Trinajstić information content (AvgIpc) is 1.86. The monoisotopic (exact) mass is 181 g/mol. The molecule has 66 valence electrons. The molecule has 0 aliphatic rings. The summed E-state index contributed by atoms with van der Waals surface area (Å²) in [6.45, 7) is 3.54. The lowest BCUT2D eigenvalue weighted by atomic mass is 10.6. The molecule has 0 rings (SSSR count). The molecule has 0 amide bonds. The minimum atomic E-state index is -4.32. The van der Waals surface area contributed by atoms with Crippen molar-refractivity contribution in [3.63, 3.8) is 0 Å². The summed E-state index contributed by atoms with van der Waals surface area (Å²) >= 11 is 0. The van der Waals surface area contributed by atoms with Crippen molar-refractivity contribution in [2.75, 3.05) is 13.1 Å². The fraction of sp³-hybridized carbons (Fsp3) is 0.600. The quantitative estimate of drug-likeness (QED) is 0.287. The summed E-state index contributed by atoms with van der Waals surface area (Å²) < 4.78 is 28.6. The van der Waals surface area contributed by atoms with Crippen molar-refractivity contribution >= 4 is 10.1 Å².